The lowest BCUT2D eigenvalue weighted by molar-refractivity contribution is -0.126. The van der Waals surface area contributed by atoms with Gasteiger partial charge in [0, 0.05) is 18.7 Å². The topological polar surface area (TPSA) is 70.7 Å². The van der Waals surface area contributed by atoms with Crippen LogP contribution in [0.15, 0.2) is 35.5 Å². The Morgan fingerprint density at radius 1 is 1.36 bits per heavy atom. The highest BCUT2D eigenvalue weighted by atomic mass is 35.5. The summed E-state index contributed by atoms with van der Waals surface area (Å²) in [6.07, 6.45) is 0. The number of nitrogens with one attached hydrogen (secondary N) is 2. The Kier molecular flexibility index (Phi) is 4.04. The van der Waals surface area contributed by atoms with Gasteiger partial charge in [0.15, 0.2) is 0 Å². The zero-order valence-electron chi connectivity index (χ0n) is 12.1. The Bertz CT molecular complexity index is 659. The molecular formula is C15H16ClN3O3. The highest BCUT2D eigenvalue weighted by molar-refractivity contribution is 6.31. The number of nitrogens with zero attached hydrogens (tertiary/aromatic N) is 1. The predicted molar refractivity (Wildman–Crippen MR) is 81.3 cm³/mol. The Labute approximate surface area is 133 Å². The number of ether oxygens (including phenoxy) is 1. The van der Waals surface area contributed by atoms with Gasteiger partial charge >= 0.3 is 6.03 Å². The van der Waals surface area contributed by atoms with Crippen LogP contribution in [0.1, 0.15) is 11.6 Å². The summed E-state index contributed by atoms with van der Waals surface area (Å²) in [4.78, 5) is 26.2. The molecule has 0 bridgehead atoms. The van der Waals surface area contributed by atoms with E-state index in [1.807, 2.05) is 18.2 Å². The molecule has 0 aromatic heterocycles. The summed E-state index contributed by atoms with van der Waals surface area (Å²) in [6.45, 7) is 1.31. The van der Waals surface area contributed by atoms with E-state index >= 15 is 0 Å². The first kappa shape index (κ1) is 14.9. The van der Waals surface area contributed by atoms with Crippen LogP contribution in [0, 0.1) is 0 Å². The van der Waals surface area contributed by atoms with Crippen molar-refractivity contribution in [2.75, 3.05) is 26.8 Å². The number of benzene rings is 1. The molecule has 1 aromatic rings. The van der Waals surface area contributed by atoms with Crippen molar-refractivity contribution in [2.45, 2.75) is 6.04 Å². The fourth-order valence-electron chi connectivity index (χ4n) is 2.75. The lowest BCUT2D eigenvalue weighted by atomic mass is 9.96. The number of carbonyl (C=O) groups is 2. The molecule has 6 nitrogen and oxygen atoms in total. The molecule has 3 amide bonds. The SMILES string of the molecule is COCCN1CC2=C(C1=O)[C@@H](c1ccccc1Cl)NC(=O)N2. The van der Waals surface area contributed by atoms with Crippen LogP contribution in [0.3, 0.4) is 0 Å². The maximum atomic E-state index is 12.6. The van der Waals surface area contributed by atoms with Crippen molar-refractivity contribution in [2.24, 2.45) is 0 Å². The third-order valence-electron chi connectivity index (χ3n) is 3.80. The van der Waals surface area contributed by atoms with Crippen LogP contribution < -0.4 is 10.6 Å². The van der Waals surface area contributed by atoms with E-state index in [1.165, 1.54) is 0 Å². The van der Waals surface area contributed by atoms with Gasteiger partial charge in [0.2, 0.25) is 0 Å². The molecular weight excluding hydrogens is 306 g/mol. The molecule has 0 saturated heterocycles. The van der Waals surface area contributed by atoms with Gasteiger partial charge in [-0.05, 0) is 11.6 Å². The lowest BCUT2D eigenvalue weighted by Crippen LogP contribution is -2.44. The maximum Gasteiger partial charge on any atom is 0.319 e. The van der Waals surface area contributed by atoms with E-state index in [9.17, 15) is 9.59 Å². The van der Waals surface area contributed by atoms with E-state index in [0.717, 1.165) is 0 Å². The normalized spacial score (nSPS) is 20.8. The molecule has 1 atom stereocenters. The minimum Gasteiger partial charge on any atom is -0.383 e. The maximum absolute atomic E-state index is 12.6. The largest absolute Gasteiger partial charge is 0.383 e. The number of rotatable bonds is 4. The van der Waals surface area contributed by atoms with Crippen molar-refractivity contribution in [3.63, 3.8) is 0 Å². The van der Waals surface area contributed by atoms with Crippen molar-refractivity contribution in [3.05, 3.63) is 46.1 Å². The number of methoxy groups -OCH3 is 1. The number of amides is 3. The molecule has 2 aliphatic rings. The molecule has 0 aliphatic carbocycles. The molecule has 0 radical (unpaired) electrons. The van der Waals surface area contributed by atoms with Gasteiger partial charge in [0.05, 0.1) is 30.5 Å². The average molecular weight is 322 g/mol. The van der Waals surface area contributed by atoms with Crippen molar-refractivity contribution >= 4 is 23.5 Å². The molecule has 0 spiro atoms. The van der Waals surface area contributed by atoms with Crippen LogP contribution in [-0.2, 0) is 9.53 Å². The van der Waals surface area contributed by atoms with E-state index in [0.29, 0.717) is 41.6 Å². The van der Waals surface area contributed by atoms with E-state index in [1.54, 1.807) is 18.1 Å². The van der Waals surface area contributed by atoms with Crippen LogP contribution >= 0.6 is 11.6 Å². The number of halogens is 1. The fraction of sp³-hybridized carbons (Fsp3) is 0.333. The number of carbonyl (C=O) groups excluding carboxylic acids is 2. The third kappa shape index (κ3) is 2.55. The van der Waals surface area contributed by atoms with Crippen LogP contribution in [0.4, 0.5) is 4.79 Å². The van der Waals surface area contributed by atoms with Gasteiger partial charge in [0.25, 0.3) is 5.91 Å². The standard InChI is InChI=1S/C15H16ClN3O3/c1-22-7-6-19-8-11-12(14(19)20)13(18-15(21)17-11)9-4-2-3-5-10(9)16/h2-5,13H,6-8H2,1H3,(H2,17,18,21)/t13-/m1/s1. The lowest BCUT2D eigenvalue weighted by Gasteiger charge is -2.26. The van der Waals surface area contributed by atoms with Gasteiger partial charge in [0.1, 0.15) is 0 Å². The second-order valence-corrected chi connectivity index (χ2v) is 5.57. The summed E-state index contributed by atoms with van der Waals surface area (Å²) < 4.78 is 5.02. The van der Waals surface area contributed by atoms with Crippen LogP contribution in [0.5, 0.6) is 0 Å². The van der Waals surface area contributed by atoms with E-state index < -0.39 is 6.04 Å². The molecule has 2 N–H and O–H groups in total. The summed E-state index contributed by atoms with van der Waals surface area (Å²) in [5, 5.41) is 6.02. The second-order valence-electron chi connectivity index (χ2n) is 5.16. The Hall–Kier alpha value is -2.05. The zero-order chi connectivity index (χ0) is 15.7. The van der Waals surface area contributed by atoms with Gasteiger partial charge in [-0.25, -0.2) is 4.79 Å². The Morgan fingerprint density at radius 3 is 2.86 bits per heavy atom. The van der Waals surface area contributed by atoms with Crippen LogP contribution in [-0.4, -0.2) is 43.6 Å². The highest BCUT2D eigenvalue weighted by Crippen LogP contribution is 2.35. The van der Waals surface area contributed by atoms with Crippen molar-refractivity contribution in [1.82, 2.24) is 15.5 Å². The Morgan fingerprint density at radius 2 is 2.14 bits per heavy atom. The highest BCUT2D eigenvalue weighted by Gasteiger charge is 2.40. The van der Waals surface area contributed by atoms with Crippen molar-refractivity contribution in [1.29, 1.82) is 0 Å². The molecule has 3 rings (SSSR count). The first-order valence-corrected chi connectivity index (χ1v) is 7.33. The van der Waals surface area contributed by atoms with Crippen LogP contribution in [0.25, 0.3) is 0 Å². The van der Waals surface area contributed by atoms with Gasteiger partial charge in [-0.1, -0.05) is 29.8 Å². The van der Waals surface area contributed by atoms with Gasteiger partial charge < -0.3 is 20.3 Å². The first-order chi connectivity index (χ1) is 10.6. The molecule has 2 aliphatic heterocycles. The fourth-order valence-corrected chi connectivity index (χ4v) is 3.00. The minimum atomic E-state index is -0.530. The molecule has 2 heterocycles. The molecule has 22 heavy (non-hydrogen) atoms. The van der Waals surface area contributed by atoms with Gasteiger partial charge in [-0.15, -0.1) is 0 Å². The van der Waals surface area contributed by atoms with Gasteiger partial charge in [-0.3, -0.25) is 4.79 Å². The molecule has 116 valence electrons. The smallest absolute Gasteiger partial charge is 0.319 e. The molecule has 0 saturated carbocycles. The van der Waals surface area contributed by atoms with Crippen molar-refractivity contribution in [3.8, 4) is 0 Å². The second kappa shape index (κ2) is 5.98. The number of urea groups is 1. The van der Waals surface area contributed by atoms with Crippen molar-refractivity contribution < 1.29 is 14.3 Å². The number of hydrogen-bond donors (Lipinski definition) is 2. The summed E-state index contributed by atoms with van der Waals surface area (Å²) in [7, 11) is 1.59. The average Bonchev–Trinajstić information content (AvgIpc) is 2.81. The monoisotopic (exact) mass is 321 g/mol. The summed E-state index contributed by atoms with van der Waals surface area (Å²) in [6, 6.07) is 6.34. The van der Waals surface area contributed by atoms with E-state index in [4.69, 9.17) is 16.3 Å². The van der Waals surface area contributed by atoms with Crippen LogP contribution in [0.2, 0.25) is 5.02 Å². The first-order valence-electron chi connectivity index (χ1n) is 6.95. The Balaban J connectivity index is 1.95. The van der Waals surface area contributed by atoms with E-state index in [2.05, 4.69) is 10.6 Å². The van der Waals surface area contributed by atoms with Gasteiger partial charge in [-0.2, -0.15) is 0 Å². The zero-order valence-corrected chi connectivity index (χ0v) is 12.8. The summed E-state index contributed by atoms with van der Waals surface area (Å²) >= 11 is 6.22. The molecule has 0 unspecified atom stereocenters. The quantitative estimate of drug-likeness (QED) is 0.881. The number of hydrogen-bond acceptors (Lipinski definition) is 3. The van der Waals surface area contributed by atoms with E-state index in [-0.39, 0.29) is 11.9 Å². The molecule has 1 aromatic carbocycles. The third-order valence-corrected chi connectivity index (χ3v) is 4.15. The molecule has 0 fully saturated rings. The predicted octanol–water partition coefficient (Wildman–Crippen LogP) is 1.44. The summed E-state index contributed by atoms with van der Waals surface area (Å²) in [5.74, 6) is -0.107. The minimum absolute atomic E-state index is 0.107. The summed E-state index contributed by atoms with van der Waals surface area (Å²) in [5.41, 5.74) is 1.90. The molecule has 7 heteroatoms.